The van der Waals surface area contributed by atoms with Crippen molar-refractivity contribution in [3.05, 3.63) is 22.7 Å². The number of aliphatic carboxylic acids is 1. The van der Waals surface area contributed by atoms with Gasteiger partial charge >= 0.3 is 5.97 Å². The van der Waals surface area contributed by atoms with Gasteiger partial charge in [0.1, 0.15) is 17.2 Å². The zero-order chi connectivity index (χ0) is 17.1. The van der Waals surface area contributed by atoms with E-state index >= 15 is 0 Å². The third-order valence-electron chi connectivity index (χ3n) is 2.65. The number of halogens is 1. The molecule has 1 aromatic carbocycles. The maximum Gasteiger partial charge on any atom is 0.318 e. The van der Waals surface area contributed by atoms with Gasteiger partial charge in [-0.15, -0.1) is 0 Å². The maximum atomic E-state index is 12.3. The van der Waals surface area contributed by atoms with Crippen molar-refractivity contribution in [2.45, 2.75) is 11.8 Å². The molecule has 122 valence electrons. The van der Waals surface area contributed by atoms with E-state index in [1.165, 1.54) is 6.07 Å². The molecule has 3 N–H and O–H groups in total. The molecule has 22 heavy (non-hydrogen) atoms. The van der Waals surface area contributed by atoms with Gasteiger partial charge in [0.2, 0.25) is 10.0 Å². The minimum atomic E-state index is -4.12. The van der Waals surface area contributed by atoms with Gasteiger partial charge in [0.25, 0.3) is 5.91 Å². The molecule has 0 atom stereocenters. The first kappa shape index (κ1) is 18.2. The molecular formula is C12H15ClN2O6S. The Labute approximate surface area is 132 Å². The monoisotopic (exact) mass is 350 g/mol. The molecule has 10 heteroatoms. The van der Waals surface area contributed by atoms with E-state index < -0.39 is 35.1 Å². The van der Waals surface area contributed by atoms with Gasteiger partial charge in [-0.3, -0.25) is 9.59 Å². The van der Waals surface area contributed by atoms with Crippen molar-refractivity contribution < 1.29 is 27.9 Å². The Hall–Kier alpha value is -1.84. The van der Waals surface area contributed by atoms with E-state index in [1.807, 2.05) is 0 Å². The van der Waals surface area contributed by atoms with Crippen LogP contribution < -0.4 is 10.5 Å². The summed E-state index contributed by atoms with van der Waals surface area (Å²) in [6.45, 7) is 0.469. The Kier molecular flexibility index (Phi) is 5.75. The van der Waals surface area contributed by atoms with Gasteiger partial charge in [-0.1, -0.05) is 11.6 Å². The minimum Gasteiger partial charge on any atom is -0.483 e. The van der Waals surface area contributed by atoms with Gasteiger partial charge in [-0.05, 0) is 18.6 Å². The summed E-state index contributed by atoms with van der Waals surface area (Å²) in [5.74, 6) is -1.91. The lowest BCUT2D eigenvalue weighted by Gasteiger charge is -2.17. The molecule has 8 nitrogen and oxygen atoms in total. The van der Waals surface area contributed by atoms with Gasteiger partial charge in [0, 0.05) is 13.1 Å². The highest BCUT2D eigenvalue weighted by molar-refractivity contribution is 7.89. The van der Waals surface area contributed by atoms with Crippen molar-refractivity contribution in [3.63, 3.8) is 0 Å². The number of carbonyl (C=O) groups is 2. The van der Waals surface area contributed by atoms with E-state index in [2.05, 4.69) is 0 Å². The van der Waals surface area contributed by atoms with Crippen LogP contribution in [0.1, 0.15) is 5.56 Å². The number of ether oxygens (including phenoxy) is 1. The molecule has 0 radical (unpaired) electrons. The lowest BCUT2D eigenvalue weighted by Crippen LogP contribution is -2.32. The second-order valence-corrected chi connectivity index (χ2v) is 6.88. The van der Waals surface area contributed by atoms with Crippen molar-refractivity contribution in [2.24, 2.45) is 5.73 Å². The van der Waals surface area contributed by atoms with Gasteiger partial charge in [-0.2, -0.15) is 4.31 Å². The third kappa shape index (κ3) is 4.33. The quantitative estimate of drug-likeness (QED) is 0.724. The molecular weight excluding hydrogens is 336 g/mol. The fourth-order valence-electron chi connectivity index (χ4n) is 1.58. The van der Waals surface area contributed by atoms with Crippen molar-refractivity contribution in [3.8, 4) is 5.75 Å². The van der Waals surface area contributed by atoms with Crippen molar-refractivity contribution in [1.29, 1.82) is 0 Å². The van der Waals surface area contributed by atoms with Crippen LogP contribution in [0.3, 0.4) is 0 Å². The first-order valence-electron chi connectivity index (χ1n) is 5.95. The molecule has 0 aromatic heterocycles. The number of carbonyl (C=O) groups excluding carboxylic acids is 1. The minimum absolute atomic E-state index is 0.0823. The Morgan fingerprint density at radius 2 is 2.00 bits per heavy atom. The molecule has 0 bridgehead atoms. The second-order valence-electron chi connectivity index (χ2n) is 4.46. The molecule has 0 heterocycles. The normalized spacial score (nSPS) is 11.5. The number of hydrogen-bond acceptors (Lipinski definition) is 5. The molecule has 1 rings (SSSR count). The molecule has 0 aliphatic carbocycles. The van der Waals surface area contributed by atoms with Gasteiger partial charge < -0.3 is 15.6 Å². The standard InChI is InChI=1S/C12H15ClN2O6S/c1-7-3-8(13)10(4-9(7)21-6-11(14)16)22(19,20)15(2)5-12(17)18/h3-4H,5-6H2,1-2H3,(H2,14,16)(H,17,18). The lowest BCUT2D eigenvalue weighted by atomic mass is 10.2. The predicted molar refractivity (Wildman–Crippen MR) is 78.3 cm³/mol. The lowest BCUT2D eigenvalue weighted by molar-refractivity contribution is -0.137. The molecule has 0 saturated carbocycles. The number of carboxylic acid groups (broad SMARTS) is 1. The number of sulfonamides is 1. The van der Waals surface area contributed by atoms with Crippen LogP contribution in [0, 0.1) is 6.92 Å². The van der Waals surface area contributed by atoms with Crippen molar-refractivity contribution >= 4 is 33.5 Å². The van der Waals surface area contributed by atoms with Crippen LogP contribution >= 0.6 is 11.6 Å². The predicted octanol–water partition coefficient (Wildman–Crippen LogP) is 0.218. The van der Waals surface area contributed by atoms with E-state index in [1.54, 1.807) is 6.92 Å². The number of nitrogens with two attached hydrogens (primary N) is 1. The van der Waals surface area contributed by atoms with Crippen LogP contribution in [-0.2, 0) is 19.6 Å². The Balaban J connectivity index is 3.26. The highest BCUT2D eigenvalue weighted by Gasteiger charge is 2.26. The average molecular weight is 351 g/mol. The average Bonchev–Trinajstić information content (AvgIpc) is 2.36. The number of rotatable bonds is 7. The summed E-state index contributed by atoms with van der Waals surface area (Å²) >= 11 is 5.93. The number of likely N-dealkylation sites (N-methyl/N-ethyl adjacent to an activating group) is 1. The first-order chi connectivity index (χ1) is 10.1. The molecule has 0 aliphatic rings. The SMILES string of the molecule is Cc1cc(Cl)c(S(=O)(=O)N(C)CC(=O)O)cc1OCC(N)=O. The smallest absolute Gasteiger partial charge is 0.318 e. The summed E-state index contributed by atoms with van der Waals surface area (Å²) in [7, 11) is -3.00. The van der Waals surface area contributed by atoms with Crippen LogP contribution in [0.5, 0.6) is 5.75 Å². The fourth-order valence-corrected chi connectivity index (χ4v) is 3.27. The molecule has 0 fully saturated rings. The van der Waals surface area contributed by atoms with E-state index in [0.29, 0.717) is 9.87 Å². The zero-order valence-electron chi connectivity index (χ0n) is 11.9. The first-order valence-corrected chi connectivity index (χ1v) is 7.77. The van der Waals surface area contributed by atoms with E-state index in [0.717, 1.165) is 13.1 Å². The summed E-state index contributed by atoms with van der Waals surface area (Å²) in [6.07, 6.45) is 0. The number of nitrogens with zero attached hydrogens (tertiary/aromatic N) is 1. The summed E-state index contributed by atoms with van der Waals surface area (Å²) < 4.78 is 30.4. The Morgan fingerprint density at radius 3 is 2.50 bits per heavy atom. The molecule has 0 spiro atoms. The summed E-state index contributed by atoms with van der Waals surface area (Å²) in [6, 6.07) is 2.48. The highest BCUT2D eigenvalue weighted by Crippen LogP contribution is 2.31. The number of benzene rings is 1. The van der Waals surface area contributed by atoms with E-state index in [9.17, 15) is 18.0 Å². The van der Waals surface area contributed by atoms with Crippen LogP contribution in [0.25, 0.3) is 0 Å². The van der Waals surface area contributed by atoms with Crippen LogP contribution in [0.15, 0.2) is 17.0 Å². The Morgan fingerprint density at radius 1 is 1.41 bits per heavy atom. The largest absolute Gasteiger partial charge is 0.483 e. The number of amides is 1. The number of primary amides is 1. The van der Waals surface area contributed by atoms with Gasteiger partial charge in [-0.25, -0.2) is 8.42 Å². The van der Waals surface area contributed by atoms with Crippen LogP contribution in [0.4, 0.5) is 0 Å². The third-order valence-corrected chi connectivity index (χ3v) is 4.91. The number of carboxylic acids is 1. The second kappa shape index (κ2) is 6.95. The van der Waals surface area contributed by atoms with Gasteiger partial charge in [0.15, 0.2) is 6.61 Å². The molecule has 0 unspecified atom stereocenters. The number of aryl methyl sites for hydroxylation is 1. The highest BCUT2D eigenvalue weighted by atomic mass is 35.5. The fraction of sp³-hybridized carbons (Fsp3) is 0.333. The summed E-state index contributed by atoms with van der Waals surface area (Å²) in [5, 5.41) is 8.61. The molecule has 0 aliphatic heterocycles. The Bertz CT molecular complexity index is 704. The molecule has 1 amide bonds. The van der Waals surface area contributed by atoms with E-state index in [4.69, 9.17) is 27.2 Å². The van der Waals surface area contributed by atoms with Crippen LogP contribution in [0.2, 0.25) is 5.02 Å². The van der Waals surface area contributed by atoms with E-state index in [-0.39, 0.29) is 15.7 Å². The zero-order valence-corrected chi connectivity index (χ0v) is 13.4. The molecule has 1 aromatic rings. The van der Waals surface area contributed by atoms with Crippen molar-refractivity contribution in [2.75, 3.05) is 20.2 Å². The van der Waals surface area contributed by atoms with Crippen molar-refractivity contribution in [1.82, 2.24) is 4.31 Å². The summed E-state index contributed by atoms with van der Waals surface area (Å²) in [4.78, 5) is 21.1. The summed E-state index contributed by atoms with van der Waals surface area (Å²) in [5.41, 5.74) is 5.47. The number of hydrogen-bond donors (Lipinski definition) is 2. The maximum absolute atomic E-state index is 12.3. The molecule has 0 saturated heterocycles. The van der Waals surface area contributed by atoms with Gasteiger partial charge in [0.05, 0.1) is 5.02 Å². The van der Waals surface area contributed by atoms with Crippen LogP contribution in [-0.4, -0.2) is 49.9 Å². The topological polar surface area (TPSA) is 127 Å².